The molecule has 1 heterocycles. The molecule has 106 valence electrons. The third-order valence-corrected chi connectivity index (χ3v) is 5.13. The van der Waals surface area contributed by atoms with Gasteiger partial charge in [0.2, 0.25) is 0 Å². The monoisotopic (exact) mass is 344 g/mol. The first-order chi connectivity index (χ1) is 8.97. The van der Waals surface area contributed by atoms with Gasteiger partial charge in [-0.15, -0.1) is 0 Å². The minimum atomic E-state index is 0.486. The van der Waals surface area contributed by atoms with Crippen molar-refractivity contribution in [2.45, 2.75) is 58.8 Å². The number of hydrogen-bond acceptors (Lipinski definition) is 2. The molecule has 0 amide bonds. The van der Waals surface area contributed by atoms with Crippen molar-refractivity contribution in [3.63, 3.8) is 0 Å². The molecule has 1 aromatic rings. The molecule has 0 saturated heterocycles. The molecule has 1 fully saturated rings. The van der Waals surface area contributed by atoms with Crippen molar-refractivity contribution in [1.29, 1.82) is 0 Å². The topological polar surface area (TPSA) is 25.8 Å². The quantitative estimate of drug-likeness (QED) is 0.687. The van der Waals surface area contributed by atoms with Crippen LogP contribution < -0.4 is 0 Å². The minimum absolute atomic E-state index is 0.486. The third-order valence-electron chi connectivity index (χ3n) is 3.80. The first kappa shape index (κ1) is 15.2. The van der Waals surface area contributed by atoms with Crippen LogP contribution in [0.1, 0.15) is 63.9 Å². The molecule has 2 nitrogen and oxygen atoms in total. The van der Waals surface area contributed by atoms with Crippen LogP contribution in [-0.4, -0.2) is 9.97 Å². The van der Waals surface area contributed by atoms with Gasteiger partial charge >= 0.3 is 0 Å². The van der Waals surface area contributed by atoms with Crippen molar-refractivity contribution < 1.29 is 0 Å². The van der Waals surface area contributed by atoms with Crippen LogP contribution in [0.2, 0.25) is 5.15 Å². The summed E-state index contributed by atoms with van der Waals surface area (Å²) in [7, 11) is 0. The van der Waals surface area contributed by atoms with E-state index in [2.05, 4.69) is 41.7 Å². The van der Waals surface area contributed by atoms with E-state index in [-0.39, 0.29) is 0 Å². The minimum Gasteiger partial charge on any atom is -0.236 e. The van der Waals surface area contributed by atoms with Crippen LogP contribution in [0, 0.1) is 11.8 Å². The molecule has 1 saturated carbocycles. The van der Waals surface area contributed by atoms with Gasteiger partial charge in [0, 0.05) is 5.92 Å². The number of rotatable bonds is 3. The average molecular weight is 346 g/mol. The molecule has 0 bridgehead atoms. The van der Waals surface area contributed by atoms with Gasteiger partial charge in [-0.3, -0.25) is 0 Å². The lowest BCUT2D eigenvalue weighted by molar-refractivity contribution is 0.334. The summed E-state index contributed by atoms with van der Waals surface area (Å²) in [4.78, 5) is 9.30. The molecule has 1 aromatic heterocycles. The van der Waals surface area contributed by atoms with Crippen molar-refractivity contribution in [2.75, 3.05) is 0 Å². The Balaban J connectivity index is 2.27. The molecular weight excluding hydrogens is 324 g/mol. The van der Waals surface area contributed by atoms with E-state index in [1.54, 1.807) is 0 Å². The number of aromatic nitrogens is 2. The maximum Gasteiger partial charge on any atom is 0.147 e. The third kappa shape index (κ3) is 3.91. The average Bonchev–Trinajstić information content (AvgIpc) is 2.34. The molecule has 2 rings (SSSR count). The number of nitrogens with zero attached hydrogens (tertiary/aromatic N) is 2. The van der Waals surface area contributed by atoms with Crippen LogP contribution in [0.5, 0.6) is 0 Å². The van der Waals surface area contributed by atoms with Crippen molar-refractivity contribution in [1.82, 2.24) is 9.97 Å². The summed E-state index contributed by atoms with van der Waals surface area (Å²) in [6.45, 7) is 6.72. The lowest BCUT2D eigenvalue weighted by Gasteiger charge is -2.26. The fourth-order valence-corrected chi connectivity index (χ4v) is 3.39. The lowest BCUT2D eigenvalue weighted by atomic mass is 9.82. The van der Waals surface area contributed by atoms with E-state index in [9.17, 15) is 0 Å². The van der Waals surface area contributed by atoms with Gasteiger partial charge < -0.3 is 0 Å². The first-order valence-electron chi connectivity index (χ1n) is 7.19. The van der Waals surface area contributed by atoms with Crippen LogP contribution in [0.15, 0.2) is 4.47 Å². The fraction of sp³-hybridized carbons (Fsp3) is 0.733. The van der Waals surface area contributed by atoms with E-state index in [4.69, 9.17) is 16.6 Å². The summed E-state index contributed by atoms with van der Waals surface area (Å²) < 4.78 is 0.871. The van der Waals surface area contributed by atoms with Crippen molar-refractivity contribution >= 4 is 27.5 Å². The molecule has 1 aliphatic rings. The van der Waals surface area contributed by atoms with Crippen molar-refractivity contribution in [2.24, 2.45) is 11.8 Å². The summed E-state index contributed by atoms with van der Waals surface area (Å²) in [6.07, 6.45) is 5.95. The Morgan fingerprint density at radius 2 is 2.05 bits per heavy atom. The molecule has 1 aliphatic carbocycles. The SMILES string of the molecule is CC(C)Cc1nc(C2CCCC(C)C2)nc(Cl)c1Br. The Morgan fingerprint density at radius 3 is 2.68 bits per heavy atom. The summed E-state index contributed by atoms with van der Waals surface area (Å²) in [5.74, 6) is 2.79. The molecule has 0 N–H and O–H groups in total. The summed E-state index contributed by atoms with van der Waals surface area (Å²) in [5, 5.41) is 0.568. The van der Waals surface area contributed by atoms with Gasteiger partial charge in [-0.05, 0) is 47.0 Å². The number of hydrogen-bond donors (Lipinski definition) is 0. The Labute approximate surface area is 129 Å². The molecule has 19 heavy (non-hydrogen) atoms. The van der Waals surface area contributed by atoms with E-state index in [1.165, 1.54) is 25.7 Å². The van der Waals surface area contributed by atoms with Crippen LogP contribution in [0.25, 0.3) is 0 Å². The second kappa shape index (κ2) is 6.53. The highest BCUT2D eigenvalue weighted by atomic mass is 79.9. The van der Waals surface area contributed by atoms with E-state index in [0.29, 0.717) is 17.0 Å². The van der Waals surface area contributed by atoms with Crippen LogP contribution in [0.4, 0.5) is 0 Å². The molecule has 4 heteroatoms. The van der Waals surface area contributed by atoms with Gasteiger partial charge in [-0.2, -0.15) is 0 Å². The highest BCUT2D eigenvalue weighted by molar-refractivity contribution is 9.10. The smallest absolute Gasteiger partial charge is 0.147 e. The second-order valence-electron chi connectivity index (χ2n) is 6.20. The summed E-state index contributed by atoms with van der Waals surface area (Å²) in [6, 6.07) is 0. The zero-order valence-electron chi connectivity index (χ0n) is 11.9. The largest absolute Gasteiger partial charge is 0.236 e. The fourth-order valence-electron chi connectivity index (χ4n) is 2.85. The van der Waals surface area contributed by atoms with E-state index in [0.717, 1.165) is 28.3 Å². The lowest BCUT2D eigenvalue weighted by Crippen LogP contribution is -2.16. The van der Waals surface area contributed by atoms with Crippen molar-refractivity contribution in [3.8, 4) is 0 Å². The Kier molecular flexibility index (Phi) is 5.24. The van der Waals surface area contributed by atoms with Crippen LogP contribution in [-0.2, 0) is 6.42 Å². The Bertz CT molecular complexity index is 448. The molecule has 0 aliphatic heterocycles. The highest BCUT2D eigenvalue weighted by Gasteiger charge is 2.24. The zero-order valence-corrected chi connectivity index (χ0v) is 14.3. The summed E-state index contributed by atoms with van der Waals surface area (Å²) in [5.41, 5.74) is 1.06. The Hall–Kier alpha value is -0.150. The Morgan fingerprint density at radius 1 is 1.32 bits per heavy atom. The molecule has 2 unspecified atom stereocenters. The predicted octanol–water partition coefficient (Wildman–Crippen LogP) is 5.38. The van der Waals surface area contributed by atoms with Gasteiger partial charge in [0.15, 0.2) is 0 Å². The van der Waals surface area contributed by atoms with Crippen LogP contribution in [0.3, 0.4) is 0 Å². The van der Waals surface area contributed by atoms with E-state index >= 15 is 0 Å². The van der Waals surface area contributed by atoms with E-state index < -0.39 is 0 Å². The normalized spacial score (nSPS) is 23.9. The highest BCUT2D eigenvalue weighted by Crippen LogP contribution is 2.36. The second-order valence-corrected chi connectivity index (χ2v) is 7.35. The molecule has 0 aromatic carbocycles. The maximum absolute atomic E-state index is 6.26. The maximum atomic E-state index is 6.26. The summed E-state index contributed by atoms with van der Waals surface area (Å²) >= 11 is 9.78. The standard InChI is InChI=1S/C15H22BrClN2/c1-9(2)7-12-13(16)14(17)19-15(18-12)11-6-4-5-10(3)8-11/h9-11H,4-8H2,1-3H3. The van der Waals surface area contributed by atoms with E-state index in [1.807, 2.05) is 0 Å². The molecule has 0 spiro atoms. The molecular formula is C15H22BrClN2. The van der Waals surface area contributed by atoms with Gasteiger partial charge in [0.25, 0.3) is 0 Å². The number of halogens is 2. The molecule has 0 radical (unpaired) electrons. The van der Waals surface area contributed by atoms with Gasteiger partial charge in [0.1, 0.15) is 11.0 Å². The van der Waals surface area contributed by atoms with Gasteiger partial charge in [-0.1, -0.05) is 45.2 Å². The first-order valence-corrected chi connectivity index (χ1v) is 8.36. The van der Waals surface area contributed by atoms with Gasteiger partial charge in [0.05, 0.1) is 10.2 Å². The van der Waals surface area contributed by atoms with Gasteiger partial charge in [-0.25, -0.2) is 9.97 Å². The van der Waals surface area contributed by atoms with Crippen molar-refractivity contribution in [3.05, 3.63) is 21.1 Å². The molecule has 2 atom stereocenters. The van der Waals surface area contributed by atoms with Crippen LogP contribution >= 0.6 is 27.5 Å². The predicted molar refractivity (Wildman–Crippen MR) is 83.7 cm³/mol. The zero-order chi connectivity index (χ0) is 14.0.